The molecule has 1 aromatic rings. The van der Waals surface area contributed by atoms with E-state index < -0.39 is 10.3 Å². The molecule has 1 saturated carbocycles. The Balaban J connectivity index is 1.68. The van der Waals surface area contributed by atoms with Gasteiger partial charge in [-0.1, -0.05) is 44.7 Å². The van der Waals surface area contributed by atoms with Crippen LogP contribution in [0.1, 0.15) is 51.0 Å². The van der Waals surface area contributed by atoms with Crippen LogP contribution in [0.2, 0.25) is 0 Å². The molecule has 2 fully saturated rings. The molecule has 0 spiro atoms. The molecule has 0 N–H and O–H groups in total. The lowest BCUT2D eigenvalue weighted by Crippen LogP contribution is -2.37. The second-order valence-corrected chi connectivity index (χ2v) is 6.74. The summed E-state index contributed by atoms with van der Waals surface area (Å²) in [5, 5.41) is 10.8. The molecule has 2 aliphatic rings. The predicted molar refractivity (Wildman–Crippen MR) is 88.4 cm³/mol. The van der Waals surface area contributed by atoms with Gasteiger partial charge >= 0.3 is 0 Å². The molecule has 24 heavy (non-hydrogen) atoms. The Labute approximate surface area is 141 Å². The number of unbranched alkanes of at least 4 members (excludes halogenated alkanes) is 4. The first-order valence-electron chi connectivity index (χ1n) is 8.63. The van der Waals surface area contributed by atoms with Crippen LogP contribution in [0, 0.1) is 16.0 Å². The maximum absolute atomic E-state index is 12.8. The zero-order chi connectivity index (χ0) is 17.3. The quantitative estimate of drug-likeness (QED) is 0.317. The zero-order valence-corrected chi connectivity index (χ0v) is 13.9. The van der Waals surface area contributed by atoms with E-state index >= 15 is 0 Å². The maximum Gasteiger partial charge on any atom is 0.269 e. The van der Waals surface area contributed by atoms with Crippen LogP contribution in [0.3, 0.4) is 0 Å². The lowest BCUT2D eigenvalue weighted by atomic mass is 9.94. The molecule has 2 amide bonds. The number of nitro benzene ring substituents is 1. The predicted octanol–water partition coefficient (Wildman–Crippen LogP) is 3.19. The van der Waals surface area contributed by atoms with Crippen molar-refractivity contribution in [3.63, 3.8) is 0 Å². The summed E-state index contributed by atoms with van der Waals surface area (Å²) in [4.78, 5) is 36.9. The molecule has 128 valence electrons. The minimum Gasteiger partial charge on any atom is -0.282 e. The van der Waals surface area contributed by atoms with Gasteiger partial charge in [0.1, 0.15) is 0 Å². The maximum atomic E-state index is 12.8. The Morgan fingerprint density at radius 1 is 1.17 bits per heavy atom. The van der Waals surface area contributed by atoms with Crippen molar-refractivity contribution in [3.8, 4) is 0 Å². The van der Waals surface area contributed by atoms with Crippen LogP contribution in [-0.4, -0.2) is 28.2 Å². The summed E-state index contributed by atoms with van der Waals surface area (Å²) < 4.78 is 0. The number of hydrogen-bond donors (Lipinski definition) is 0. The Morgan fingerprint density at radius 2 is 1.83 bits per heavy atom. The van der Waals surface area contributed by atoms with Gasteiger partial charge in [-0.05, 0) is 18.4 Å². The van der Waals surface area contributed by atoms with Crippen molar-refractivity contribution in [2.24, 2.45) is 5.92 Å². The van der Waals surface area contributed by atoms with Gasteiger partial charge in [-0.2, -0.15) is 0 Å². The summed E-state index contributed by atoms with van der Waals surface area (Å²) in [6.07, 6.45) is 5.88. The number of rotatable bonds is 8. The van der Waals surface area contributed by atoms with E-state index in [-0.39, 0.29) is 23.4 Å². The van der Waals surface area contributed by atoms with Crippen molar-refractivity contribution in [1.29, 1.82) is 0 Å². The first-order valence-corrected chi connectivity index (χ1v) is 8.63. The molecule has 3 rings (SSSR count). The number of amides is 2. The molecular weight excluding hydrogens is 308 g/mol. The van der Waals surface area contributed by atoms with Gasteiger partial charge in [0.25, 0.3) is 5.69 Å². The smallest absolute Gasteiger partial charge is 0.269 e. The lowest BCUT2D eigenvalue weighted by Gasteiger charge is -2.19. The van der Waals surface area contributed by atoms with Crippen LogP contribution in [0.25, 0.3) is 0 Å². The second kappa shape index (κ2) is 6.34. The first kappa shape index (κ1) is 16.6. The number of piperidine rings is 1. The minimum absolute atomic E-state index is 0.00287. The molecule has 0 radical (unpaired) electrons. The Morgan fingerprint density at radius 3 is 2.46 bits per heavy atom. The van der Waals surface area contributed by atoms with Crippen LogP contribution in [0.4, 0.5) is 5.69 Å². The van der Waals surface area contributed by atoms with E-state index in [2.05, 4.69) is 6.92 Å². The highest BCUT2D eigenvalue weighted by Crippen LogP contribution is 2.60. The first-order chi connectivity index (χ1) is 11.5. The number of likely N-dealkylation sites (tertiary alicyclic amines) is 1. The van der Waals surface area contributed by atoms with Crippen LogP contribution in [0.5, 0.6) is 0 Å². The summed E-state index contributed by atoms with van der Waals surface area (Å²) in [7, 11) is 0. The van der Waals surface area contributed by atoms with Gasteiger partial charge in [-0.15, -0.1) is 0 Å². The van der Waals surface area contributed by atoms with E-state index in [4.69, 9.17) is 0 Å². The number of nitrogens with zero attached hydrogens (tertiary/aromatic N) is 2. The number of hydrogen-bond acceptors (Lipinski definition) is 4. The highest BCUT2D eigenvalue weighted by molar-refractivity contribution is 6.15. The van der Waals surface area contributed by atoms with Gasteiger partial charge in [-0.3, -0.25) is 24.6 Å². The van der Waals surface area contributed by atoms with E-state index in [9.17, 15) is 19.7 Å². The number of nitro groups is 1. The van der Waals surface area contributed by atoms with Crippen molar-refractivity contribution < 1.29 is 14.5 Å². The summed E-state index contributed by atoms with van der Waals surface area (Å²) in [5.74, 6) is -0.474. The van der Waals surface area contributed by atoms with E-state index in [0.717, 1.165) is 31.2 Å². The molecular formula is C18H22N2O4. The van der Waals surface area contributed by atoms with Gasteiger partial charge in [0, 0.05) is 18.7 Å². The molecule has 1 saturated heterocycles. The molecule has 2 atom stereocenters. The molecule has 6 nitrogen and oxygen atoms in total. The van der Waals surface area contributed by atoms with Crippen molar-refractivity contribution in [2.45, 2.75) is 50.9 Å². The monoisotopic (exact) mass is 330 g/mol. The van der Waals surface area contributed by atoms with Crippen molar-refractivity contribution in [3.05, 3.63) is 39.9 Å². The topological polar surface area (TPSA) is 80.5 Å². The summed E-state index contributed by atoms with van der Waals surface area (Å²) >= 11 is 0. The second-order valence-electron chi connectivity index (χ2n) is 6.74. The summed E-state index contributed by atoms with van der Waals surface area (Å²) in [5.41, 5.74) is -0.0304. The standard InChI is InChI=1S/C18H22N2O4/c1-2-3-4-5-6-11-19-16(21)15-12-18(15,17(19)22)13-7-9-14(10-8-13)20(23)24/h7-10,15H,2-6,11-12H2,1H3. The molecule has 0 bridgehead atoms. The Hall–Kier alpha value is -2.24. The lowest BCUT2D eigenvalue weighted by molar-refractivity contribution is -0.384. The van der Waals surface area contributed by atoms with E-state index in [1.54, 1.807) is 12.1 Å². The minimum atomic E-state index is -0.754. The van der Waals surface area contributed by atoms with E-state index in [0.29, 0.717) is 13.0 Å². The van der Waals surface area contributed by atoms with Crippen LogP contribution >= 0.6 is 0 Å². The van der Waals surface area contributed by atoms with Crippen molar-refractivity contribution in [2.75, 3.05) is 6.54 Å². The van der Waals surface area contributed by atoms with Gasteiger partial charge in [0.2, 0.25) is 11.8 Å². The average Bonchev–Trinajstić information content (AvgIpc) is 3.29. The number of carbonyl (C=O) groups is 2. The average molecular weight is 330 g/mol. The SMILES string of the molecule is CCCCCCCN1C(=O)C2CC2(c2ccc([N+](=O)[O-])cc2)C1=O. The molecule has 1 aliphatic heterocycles. The third kappa shape index (κ3) is 2.60. The summed E-state index contributed by atoms with van der Waals surface area (Å²) in [6, 6.07) is 6.05. The number of non-ortho nitro benzene ring substituents is 1. The van der Waals surface area contributed by atoms with E-state index in [1.807, 2.05) is 0 Å². The molecule has 6 heteroatoms. The fourth-order valence-corrected chi connectivity index (χ4v) is 3.73. The fraction of sp³-hybridized carbons (Fsp3) is 0.556. The zero-order valence-electron chi connectivity index (χ0n) is 13.9. The molecule has 2 unspecified atom stereocenters. The number of benzene rings is 1. The van der Waals surface area contributed by atoms with Gasteiger partial charge < -0.3 is 0 Å². The molecule has 1 aromatic carbocycles. The highest BCUT2D eigenvalue weighted by Gasteiger charge is 2.72. The third-order valence-electron chi connectivity index (χ3n) is 5.23. The van der Waals surface area contributed by atoms with E-state index in [1.165, 1.54) is 23.5 Å². The highest BCUT2D eigenvalue weighted by atomic mass is 16.6. The Bertz CT molecular complexity index is 670. The normalized spacial score (nSPS) is 25.0. The van der Waals surface area contributed by atoms with Gasteiger partial charge in [-0.25, -0.2) is 0 Å². The van der Waals surface area contributed by atoms with Gasteiger partial charge in [0.05, 0.1) is 16.3 Å². The Kier molecular flexibility index (Phi) is 4.39. The molecule has 1 heterocycles. The molecule has 1 aliphatic carbocycles. The number of imide groups is 1. The fourth-order valence-electron chi connectivity index (χ4n) is 3.73. The number of carbonyl (C=O) groups excluding carboxylic acids is 2. The summed E-state index contributed by atoms with van der Waals surface area (Å²) in [6.45, 7) is 2.64. The van der Waals surface area contributed by atoms with Gasteiger partial charge in [0.15, 0.2) is 0 Å². The van der Waals surface area contributed by atoms with Crippen LogP contribution < -0.4 is 0 Å². The molecule has 0 aromatic heterocycles. The van der Waals surface area contributed by atoms with Crippen LogP contribution in [-0.2, 0) is 15.0 Å². The largest absolute Gasteiger partial charge is 0.282 e. The number of fused-ring (bicyclic) bond motifs is 1. The third-order valence-corrected chi connectivity index (χ3v) is 5.23. The van der Waals surface area contributed by atoms with Crippen molar-refractivity contribution in [1.82, 2.24) is 4.90 Å². The van der Waals surface area contributed by atoms with Crippen molar-refractivity contribution >= 4 is 17.5 Å². The van der Waals surface area contributed by atoms with Crippen LogP contribution in [0.15, 0.2) is 24.3 Å².